The average molecular weight is 748 g/mol. The van der Waals surface area contributed by atoms with Gasteiger partial charge in [0.25, 0.3) is 0 Å². The summed E-state index contributed by atoms with van der Waals surface area (Å²) in [5.74, 6) is 0. The topological polar surface area (TPSA) is 3.24 Å². The van der Waals surface area contributed by atoms with Gasteiger partial charge < -0.3 is 4.90 Å². The average Bonchev–Trinajstić information content (AvgIpc) is 3.57. The molecule has 282 valence electrons. The van der Waals surface area contributed by atoms with Crippen molar-refractivity contribution in [2.45, 2.75) is 56.8 Å². The summed E-state index contributed by atoms with van der Waals surface area (Å²) in [6.07, 6.45) is 2.32. The number of benzene rings is 8. The van der Waals surface area contributed by atoms with Gasteiger partial charge in [0.15, 0.2) is 0 Å². The van der Waals surface area contributed by atoms with Gasteiger partial charge in [-0.05, 0) is 110 Å². The van der Waals surface area contributed by atoms with Gasteiger partial charge in [0.05, 0.1) is 16.8 Å². The molecule has 0 saturated carbocycles. The van der Waals surface area contributed by atoms with Gasteiger partial charge >= 0.3 is 0 Å². The Balaban J connectivity index is 1.32. The molecule has 8 aromatic carbocycles. The minimum atomic E-state index is -0.530. The van der Waals surface area contributed by atoms with Gasteiger partial charge in [-0.15, -0.1) is 0 Å². The maximum atomic E-state index is 2.63. The van der Waals surface area contributed by atoms with E-state index in [1.165, 1.54) is 72.4 Å². The second-order valence-electron chi connectivity index (χ2n) is 17.5. The van der Waals surface area contributed by atoms with Crippen molar-refractivity contribution in [3.63, 3.8) is 0 Å². The molecule has 1 heteroatoms. The lowest BCUT2D eigenvalue weighted by molar-refractivity contribution is 0.331. The van der Waals surface area contributed by atoms with Crippen LogP contribution in [0.1, 0.15) is 73.9 Å². The lowest BCUT2D eigenvalue weighted by atomic mass is 9.61. The van der Waals surface area contributed by atoms with Crippen molar-refractivity contribution in [2.75, 3.05) is 4.90 Å². The molecule has 58 heavy (non-hydrogen) atoms. The standard InChI is InChI=1S/C57H49N/c1-55(2)36-37-56(3,4)51-39-49-47(38-50(51)55)54-48(57(49,43-24-13-7-14-25-43)44-26-15-8-16-27-44)29-19-31-53(54)58(45-34-32-41(33-35-45)40-20-9-5-10-21-40)52-30-18-17-28-46(52)42-22-11-6-12-23-42/h5-35,38-39H,36-37H2,1-4H3. The van der Waals surface area contributed by atoms with Crippen LogP contribution in [0, 0.1) is 0 Å². The maximum absolute atomic E-state index is 2.63. The van der Waals surface area contributed by atoms with Crippen LogP contribution in [-0.4, -0.2) is 0 Å². The molecule has 0 aromatic heterocycles. The molecule has 0 atom stereocenters. The Kier molecular flexibility index (Phi) is 8.61. The van der Waals surface area contributed by atoms with E-state index in [1.54, 1.807) is 0 Å². The van der Waals surface area contributed by atoms with Crippen molar-refractivity contribution >= 4 is 17.1 Å². The summed E-state index contributed by atoms with van der Waals surface area (Å²) in [6.45, 7) is 9.81. The zero-order valence-electron chi connectivity index (χ0n) is 33.9. The first-order chi connectivity index (χ1) is 28.3. The summed E-state index contributed by atoms with van der Waals surface area (Å²) in [5.41, 5.74) is 18.6. The maximum Gasteiger partial charge on any atom is 0.0714 e. The highest BCUT2D eigenvalue weighted by molar-refractivity contribution is 6.00. The monoisotopic (exact) mass is 747 g/mol. The molecule has 0 unspecified atom stereocenters. The molecule has 8 aromatic rings. The summed E-state index contributed by atoms with van der Waals surface area (Å²) in [4.78, 5) is 2.53. The molecular weight excluding hydrogens is 699 g/mol. The van der Waals surface area contributed by atoms with Crippen LogP contribution < -0.4 is 4.90 Å². The molecule has 0 N–H and O–H groups in total. The molecule has 0 heterocycles. The number of hydrogen-bond donors (Lipinski definition) is 0. The van der Waals surface area contributed by atoms with E-state index in [0.29, 0.717) is 0 Å². The van der Waals surface area contributed by atoms with Crippen LogP contribution in [0.3, 0.4) is 0 Å². The Hall–Kier alpha value is -6.44. The smallest absolute Gasteiger partial charge is 0.0714 e. The van der Waals surface area contributed by atoms with Crippen LogP contribution in [0.2, 0.25) is 0 Å². The van der Waals surface area contributed by atoms with Gasteiger partial charge in [0, 0.05) is 16.8 Å². The van der Waals surface area contributed by atoms with Gasteiger partial charge in [0.2, 0.25) is 0 Å². The Morgan fingerprint density at radius 2 is 0.845 bits per heavy atom. The normalized spacial score (nSPS) is 15.5. The number of para-hydroxylation sites is 1. The van der Waals surface area contributed by atoms with Gasteiger partial charge in [-0.25, -0.2) is 0 Å². The molecule has 10 rings (SSSR count). The van der Waals surface area contributed by atoms with E-state index in [-0.39, 0.29) is 10.8 Å². The van der Waals surface area contributed by atoms with Crippen molar-refractivity contribution < 1.29 is 0 Å². The fourth-order valence-corrected chi connectivity index (χ4v) is 10.1. The van der Waals surface area contributed by atoms with Crippen LogP contribution in [0.15, 0.2) is 200 Å². The molecule has 0 saturated heterocycles. The Morgan fingerprint density at radius 3 is 1.45 bits per heavy atom. The first kappa shape index (κ1) is 35.9. The SMILES string of the molecule is CC1(C)CCC(C)(C)c2cc3c(cc21)-c1c(N(c2ccc(-c4ccccc4)cc2)c2ccccc2-c2ccccc2)cccc1C3(c1ccccc1)c1ccccc1. The molecular formula is C57H49N. The number of fused-ring (bicyclic) bond motifs is 4. The van der Waals surface area contributed by atoms with Crippen LogP contribution in [0.5, 0.6) is 0 Å². The van der Waals surface area contributed by atoms with E-state index >= 15 is 0 Å². The third-order valence-electron chi connectivity index (χ3n) is 13.2. The lowest BCUT2D eigenvalue weighted by Gasteiger charge is -2.43. The number of rotatable bonds is 7. The van der Waals surface area contributed by atoms with Gasteiger partial charge in [-0.2, -0.15) is 0 Å². The van der Waals surface area contributed by atoms with E-state index in [1.807, 2.05) is 0 Å². The van der Waals surface area contributed by atoms with Crippen LogP contribution in [-0.2, 0) is 16.2 Å². The summed E-state index contributed by atoms with van der Waals surface area (Å²) >= 11 is 0. The minimum Gasteiger partial charge on any atom is -0.309 e. The predicted molar refractivity (Wildman–Crippen MR) is 245 cm³/mol. The molecule has 0 bridgehead atoms. The zero-order valence-corrected chi connectivity index (χ0v) is 33.9. The van der Waals surface area contributed by atoms with E-state index in [4.69, 9.17) is 0 Å². The first-order valence-electron chi connectivity index (χ1n) is 20.8. The number of nitrogens with zero attached hydrogens (tertiary/aromatic N) is 1. The third kappa shape index (κ3) is 5.67. The quantitative estimate of drug-likeness (QED) is 0.157. The van der Waals surface area contributed by atoms with E-state index in [2.05, 4.69) is 233 Å². The van der Waals surface area contributed by atoms with Crippen LogP contribution in [0.4, 0.5) is 17.1 Å². The summed E-state index contributed by atoms with van der Waals surface area (Å²) < 4.78 is 0. The van der Waals surface area contributed by atoms with E-state index in [9.17, 15) is 0 Å². The second kappa shape index (κ2) is 13.9. The van der Waals surface area contributed by atoms with Crippen molar-refractivity contribution in [1.82, 2.24) is 0 Å². The Labute approximate surface area is 344 Å². The van der Waals surface area contributed by atoms with Crippen LogP contribution >= 0.6 is 0 Å². The van der Waals surface area contributed by atoms with Gasteiger partial charge in [-0.3, -0.25) is 0 Å². The van der Waals surface area contributed by atoms with E-state index in [0.717, 1.165) is 24.2 Å². The summed E-state index contributed by atoms with van der Waals surface area (Å²) in [6, 6.07) is 74.4. The highest BCUT2D eigenvalue weighted by Gasteiger charge is 2.50. The fraction of sp³-hybridized carbons (Fsp3) is 0.158. The largest absolute Gasteiger partial charge is 0.309 e. The van der Waals surface area contributed by atoms with Crippen molar-refractivity contribution in [1.29, 1.82) is 0 Å². The van der Waals surface area contributed by atoms with Gasteiger partial charge in [-0.1, -0.05) is 198 Å². The van der Waals surface area contributed by atoms with Crippen LogP contribution in [0.25, 0.3) is 33.4 Å². The minimum absolute atomic E-state index is 0.0482. The molecule has 2 aliphatic rings. The molecule has 0 spiro atoms. The molecule has 0 fully saturated rings. The predicted octanol–water partition coefficient (Wildman–Crippen LogP) is 15.2. The number of anilines is 3. The Bertz CT molecular complexity index is 2710. The highest BCUT2D eigenvalue weighted by atomic mass is 15.1. The molecule has 0 radical (unpaired) electrons. The van der Waals surface area contributed by atoms with Gasteiger partial charge in [0.1, 0.15) is 0 Å². The first-order valence-corrected chi connectivity index (χ1v) is 20.8. The van der Waals surface area contributed by atoms with Crippen molar-refractivity contribution in [3.05, 3.63) is 234 Å². The fourth-order valence-electron chi connectivity index (χ4n) is 10.1. The summed E-state index contributed by atoms with van der Waals surface area (Å²) in [7, 11) is 0. The lowest BCUT2D eigenvalue weighted by Crippen LogP contribution is -2.35. The van der Waals surface area contributed by atoms with Crippen molar-refractivity contribution in [2.24, 2.45) is 0 Å². The van der Waals surface area contributed by atoms with E-state index < -0.39 is 5.41 Å². The zero-order chi connectivity index (χ0) is 39.5. The molecule has 0 aliphatic heterocycles. The number of hydrogen-bond acceptors (Lipinski definition) is 1. The molecule has 2 aliphatic carbocycles. The Morgan fingerprint density at radius 1 is 0.362 bits per heavy atom. The third-order valence-corrected chi connectivity index (χ3v) is 13.2. The molecule has 1 nitrogen and oxygen atoms in total. The second-order valence-corrected chi connectivity index (χ2v) is 17.5. The highest BCUT2D eigenvalue weighted by Crippen LogP contribution is 2.62. The van der Waals surface area contributed by atoms with Crippen molar-refractivity contribution in [3.8, 4) is 33.4 Å². The summed E-state index contributed by atoms with van der Waals surface area (Å²) in [5, 5.41) is 0. The molecule has 0 amide bonds.